The number of carboxylic acids is 1. The van der Waals surface area contributed by atoms with Crippen LogP contribution in [0.5, 0.6) is 0 Å². The third-order valence-electron chi connectivity index (χ3n) is 6.74. The van der Waals surface area contributed by atoms with E-state index in [0.717, 1.165) is 57.8 Å². The molecular formula is C31H58O4. The largest absolute Gasteiger partial charge is 0.481 e. The van der Waals surface area contributed by atoms with E-state index in [1.807, 2.05) is 0 Å². The van der Waals surface area contributed by atoms with Crippen molar-refractivity contribution >= 4 is 11.9 Å². The van der Waals surface area contributed by atoms with Gasteiger partial charge in [0.2, 0.25) is 0 Å². The molecule has 0 saturated heterocycles. The van der Waals surface area contributed by atoms with Crippen LogP contribution in [0.4, 0.5) is 0 Å². The molecule has 0 rings (SSSR count). The van der Waals surface area contributed by atoms with E-state index in [2.05, 4.69) is 26.0 Å². The molecule has 4 nitrogen and oxygen atoms in total. The van der Waals surface area contributed by atoms with Crippen LogP contribution in [-0.2, 0) is 14.3 Å². The predicted molar refractivity (Wildman–Crippen MR) is 149 cm³/mol. The van der Waals surface area contributed by atoms with Crippen molar-refractivity contribution in [2.45, 2.75) is 174 Å². The number of esters is 1. The van der Waals surface area contributed by atoms with Gasteiger partial charge in [0.05, 0.1) is 0 Å². The Labute approximate surface area is 217 Å². The molecular weight excluding hydrogens is 436 g/mol. The minimum absolute atomic E-state index is 0.00622. The summed E-state index contributed by atoms with van der Waals surface area (Å²) in [5, 5.41) is 8.66. The second-order valence-corrected chi connectivity index (χ2v) is 10.3. The van der Waals surface area contributed by atoms with Gasteiger partial charge in [0.25, 0.3) is 0 Å². The lowest BCUT2D eigenvalue weighted by molar-refractivity contribution is -0.150. The fourth-order valence-electron chi connectivity index (χ4n) is 4.46. The van der Waals surface area contributed by atoms with Crippen LogP contribution >= 0.6 is 0 Å². The van der Waals surface area contributed by atoms with Gasteiger partial charge in [-0.3, -0.25) is 9.59 Å². The first-order valence-electron chi connectivity index (χ1n) is 15.2. The molecule has 0 spiro atoms. The molecule has 0 aliphatic carbocycles. The Hall–Kier alpha value is -1.32. The first-order chi connectivity index (χ1) is 17.1. The molecule has 0 fully saturated rings. The minimum atomic E-state index is -0.684. The van der Waals surface area contributed by atoms with Gasteiger partial charge in [-0.25, -0.2) is 0 Å². The molecule has 0 amide bonds. The Kier molecular flexibility index (Phi) is 26.2. The van der Waals surface area contributed by atoms with Crippen LogP contribution in [0.25, 0.3) is 0 Å². The molecule has 1 unspecified atom stereocenters. The summed E-state index contributed by atoms with van der Waals surface area (Å²) in [7, 11) is 0. The van der Waals surface area contributed by atoms with Crippen molar-refractivity contribution in [2.75, 3.05) is 0 Å². The molecule has 0 saturated carbocycles. The lowest BCUT2D eigenvalue weighted by atomic mass is 10.0. The molecule has 0 heterocycles. The number of ether oxygens (including phenoxy) is 1. The summed E-state index contributed by atoms with van der Waals surface area (Å²) in [5.41, 5.74) is 0. The van der Waals surface area contributed by atoms with E-state index in [9.17, 15) is 9.59 Å². The first-order valence-corrected chi connectivity index (χ1v) is 15.2. The zero-order valence-electron chi connectivity index (χ0n) is 23.4. The van der Waals surface area contributed by atoms with Crippen LogP contribution in [0, 0.1) is 0 Å². The summed E-state index contributed by atoms with van der Waals surface area (Å²) in [4.78, 5) is 22.9. The molecule has 1 atom stereocenters. The van der Waals surface area contributed by atoms with Crippen LogP contribution < -0.4 is 0 Å². The van der Waals surface area contributed by atoms with E-state index < -0.39 is 5.97 Å². The van der Waals surface area contributed by atoms with Crippen molar-refractivity contribution in [1.82, 2.24) is 0 Å². The first kappa shape index (κ1) is 33.7. The van der Waals surface area contributed by atoms with Crippen LogP contribution in [0.1, 0.15) is 168 Å². The topological polar surface area (TPSA) is 63.6 Å². The lowest BCUT2D eigenvalue weighted by Gasteiger charge is -2.18. The highest BCUT2D eigenvalue weighted by Crippen LogP contribution is 2.18. The van der Waals surface area contributed by atoms with Crippen molar-refractivity contribution in [3.63, 3.8) is 0 Å². The number of hydrogen-bond acceptors (Lipinski definition) is 3. The molecule has 0 radical (unpaired) electrons. The summed E-state index contributed by atoms with van der Waals surface area (Å²) in [6.07, 6.45) is 30.9. The number of allylic oxidation sites excluding steroid dienone is 2. The monoisotopic (exact) mass is 494 g/mol. The van der Waals surface area contributed by atoms with Gasteiger partial charge in [0, 0.05) is 12.8 Å². The molecule has 0 aromatic carbocycles. The maximum absolute atomic E-state index is 12.4. The molecule has 1 N–H and O–H groups in total. The van der Waals surface area contributed by atoms with Gasteiger partial charge in [-0.15, -0.1) is 0 Å². The highest BCUT2D eigenvalue weighted by molar-refractivity contribution is 5.69. The number of rotatable bonds is 27. The molecule has 0 aliphatic heterocycles. The molecule has 4 heteroatoms. The van der Waals surface area contributed by atoms with Crippen LogP contribution in [0.2, 0.25) is 0 Å². The maximum atomic E-state index is 12.4. The fourth-order valence-corrected chi connectivity index (χ4v) is 4.46. The van der Waals surface area contributed by atoms with Gasteiger partial charge in [0.15, 0.2) is 0 Å². The number of hydrogen-bond donors (Lipinski definition) is 1. The number of aliphatic carboxylic acids is 1. The fraction of sp³-hybridized carbons (Fsp3) is 0.871. The highest BCUT2D eigenvalue weighted by atomic mass is 16.5. The highest BCUT2D eigenvalue weighted by Gasteiger charge is 2.14. The standard InChI is InChI=1S/C31H58O4/c1-3-5-7-8-9-10-11-12-17-20-24-28-31(34)35-29(25-21-6-4-2)26-22-18-15-13-14-16-19-23-27-30(32)33/h8-9,29H,3-7,10-28H2,1-2H3,(H,32,33)/b9-8-. The summed E-state index contributed by atoms with van der Waals surface area (Å²) >= 11 is 0. The molecule has 0 aromatic heterocycles. The predicted octanol–water partition coefficient (Wildman–Crippen LogP) is 9.94. The molecule has 0 aromatic rings. The van der Waals surface area contributed by atoms with E-state index in [1.54, 1.807) is 0 Å². The van der Waals surface area contributed by atoms with Crippen molar-refractivity contribution < 1.29 is 19.4 Å². The third kappa shape index (κ3) is 27.1. The van der Waals surface area contributed by atoms with Crippen molar-refractivity contribution in [3.8, 4) is 0 Å². The number of unbranched alkanes of at least 4 members (excludes halogenated alkanes) is 16. The quantitative estimate of drug-likeness (QED) is 0.0701. The summed E-state index contributed by atoms with van der Waals surface area (Å²) < 4.78 is 5.88. The number of carbonyl (C=O) groups is 2. The van der Waals surface area contributed by atoms with Crippen LogP contribution in [0.15, 0.2) is 12.2 Å². The summed E-state index contributed by atoms with van der Waals surface area (Å²) in [5.74, 6) is -0.678. The molecule has 0 bridgehead atoms. The van der Waals surface area contributed by atoms with Gasteiger partial charge in [-0.1, -0.05) is 109 Å². The van der Waals surface area contributed by atoms with Crippen LogP contribution in [-0.4, -0.2) is 23.1 Å². The van der Waals surface area contributed by atoms with E-state index in [4.69, 9.17) is 9.84 Å². The van der Waals surface area contributed by atoms with Crippen LogP contribution in [0.3, 0.4) is 0 Å². The molecule has 206 valence electrons. The van der Waals surface area contributed by atoms with Gasteiger partial charge >= 0.3 is 11.9 Å². The average Bonchev–Trinajstić information content (AvgIpc) is 2.83. The molecule has 0 aliphatic rings. The smallest absolute Gasteiger partial charge is 0.306 e. The van der Waals surface area contributed by atoms with Crippen molar-refractivity contribution in [1.29, 1.82) is 0 Å². The Balaban J connectivity index is 3.82. The second kappa shape index (κ2) is 27.3. The Bertz CT molecular complexity index is 500. The number of carboxylic acid groups (broad SMARTS) is 1. The zero-order chi connectivity index (χ0) is 25.8. The third-order valence-corrected chi connectivity index (χ3v) is 6.74. The summed E-state index contributed by atoms with van der Waals surface area (Å²) in [6, 6.07) is 0. The SMILES string of the molecule is CCCC/C=C\CCCCCCCC(=O)OC(CCCCC)CCCCCCCCCCC(=O)O. The second-order valence-electron chi connectivity index (χ2n) is 10.3. The Morgan fingerprint density at radius 3 is 1.63 bits per heavy atom. The van der Waals surface area contributed by atoms with E-state index in [0.29, 0.717) is 12.8 Å². The van der Waals surface area contributed by atoms with Crippen molar-refractivity contribution in [3.05, 3.63) is 12.2 Å². The van der Waals surface area contributed by atoms with E-state index >= 15 is 0 Å². The summed E-state index contributed by atoms with van der Waals surface area (Å²) in [6.45, 7) is 4.45. The van der Waals surface area contributed by atoms with Gasteiger partial charge in [-0.05, 0) is 57.8 Å². The lowest BCUT2D eigenvalue weighted by Crippen LogP contribution is -2.18. The van der Waals surface area contributed by atoms with E-state index in [1.165, 1.54) is 83.5 Å². The average molecular weight is 495 g/mol. The molecule has 35 heavy (non-hydrogen) atoms. The normalized spacial score (nSPS) is 12.3. The van der Waals surface area contributed by atoms with Gasteiger partial charge in [-0.2, -0.15) is 0 Å². The number of carbonyl (C=O) groups excluding carboxylic acids is 1. The van der Waals surface area contributed by atoms with Gasteiger partial charge in [0.1, 0.15) is 6.10 Å². The Morgan fingerprint density at radius 1 is 0.600 bits per heavy atom. The van der Waals surface area contributed by atoms with E-state index in [-0.39, 0.29) is 12.1 Å². The maximum Gasteiger partial charge on any atom is 0.306 e. The van der Waals surface area contributed by atoms with Crippen molar-refractivity contribution in [2.24, 2.45) is 0 Å². The zero-order valence-corrected chi connectivity index (χ0v) is 23.4. The van der Waals surface area contributed by atoms with Gasteiger partial charge < -0.3 is 9.84 Å². The Morgan fingerprint density at radius 2 is 1.06 bits per heavy atom. The minimum Gasteiger partial charge on any atom is -0.481 e.